The van der Waals surface area contributed by atoms with E-state index in [1.165, 1.54) is 0 Å². The van der Waals surface area contributed by atoms with Crippen molar-refractivity contribution in [3.8, 4) is 6.07 Å². The van der Waals surface area contributed by atoms with Gasteiger partial charge in [-0.3, -0.25) is 4.57 Å². The van der Waals surface area contributed by atoms with E-state index >= 15 is 0 Å². The maximum absolute atomic E-state index is 9.38. The van der Waals surface area contributed by atoms with Crippen LogP contribution in [0.2, 0.25) is 10.0 Å². The molecule has 106 valence electrons. The van der Waals surface area contributed by atoms with Crippen LogP contribution in [0.4, 0.5) is 0 Å². The Morgan fingerprint density at radius 1 is 1.43 bits per heavy atom. The van der Waals surface area contributed by atoms with Crippen molar-refractivity contribution in [1.82, 2.24) is 9.55 Å². The quantitative estimate of drug-likeness (QED) is 0.707. The van der Waals surface area contributed by atoms with Crippen molar-refractivity contribution in [2.45, 2.75) is 5.25 Å². The molecular formula is C14H9Cl2N3S2. The molecule has 0 radical (unpaired) electrons. The maximum Gasteiger partial charge on any atom is 0.145 e. The Labute approximate surface area is 141 Å². The van der Waals surface area contributed by atoms with Gasteiger partial charge in [0.15, 0.2) is 0 Å². The van der Waals surface area contributed by atoms with Crippen molar-refractivity contribution < 1.29 is 0 Å². The number of halogens is 2. The third-order valence-electron chi connectivity index (χ3n) is 2.99. The topological polar surface area (TPSA) is 41.6 Å². The lowest BCUT2D eigenvalue weighted by Gasteiger charge is -2.10. The van der Waals surface area contributed by atoms with E-state index in [0.717, 1.165) is 15.6 Å². The predicted molar refractivity (Wildman–Crippen MR) is 90.3 cm³/mol. The van der Waals surface area contributed by atoms with Crippen LogP contribution in [0.5, 0.6) is 0 Å². The largest absolute Gasteiger partial charge is 0.296 e. The molecule has 0 unspecified atom stereocenters. The van der Waals surface area contributed by atoms with E-state index in [4.69, 9.17) is 23.2 Å². The highest BCUT2D eigenvalue weighted by atomic mass is 35.5. The van der Waals surface area contributed by atoms with Crippen LogP contribution in [-0.2, 0) is 0 Å². The second kappa shape index (κ2) is 6.37. The maximum atomic E-state index is 9.38. The molecule has 1 saturated heterocycles. The van der Waals surface area contributed by atoms with Crippen LogP contribution in [0.25, 0.3) is 5.70 Å². The first-order valence-corrected chi connectivity index (χ1v) is 8.68. The number of allylic oxidation sites excluding steroid dienone is 1. The lowest BCUT2D eigenvalue weighted by atomic mass is 10.2. The molecule has 0 bridgehead atoms. The molecule has 1 aliphatic heterocycles. The first-order valence-electron chi connectivity index (χ1n) is 6.06. The molecule has 0 saturated carbocycles. The molecule has 0 amide bonds. The van der Waals surface area contributed by atoms with Crippen molar-refractivity contribution in [1.29, 1.82) is 5.26 Å². The number of hydrogen-bond donors (Lipinski definition) is 0. The molecule has 1 fully saturated rings. The first-order chi connectivity index (χ1) is 10.2. The third-order valence-corrected chi connectivity index (χ3v) is 6.47. The fourth-order valence-corrected chi connectivity index (χ4v) is 5.52. The standard InChI is InChI=1S/C14H9Cl2N3S2/c15-9-1-2-10(11(16)5-9)13-7-20-14(21-13)12(6-17)19-4-3-18-8-19/h1-5,8,13H,7H2/b14-12+/t13-/m0/s1. The molecule has 0 spiro atoms. The molecule has 2 heterocycles. The molecule has 0 aliphatic carbocycles. The number of nitrogens with zero attached hydrogens (tertiary/aromatic N) is 3. The van der Waals surface area contributed by atoms with E-state index in [-0.39, 0.29) is 5.25 Å². The summed E-state index contributed by atoms with van der Waals surface area (Å²) >= 11 is 15.5. The zero-order valence-electron chi connectivity index (χ0n) is 10.7. The fraction of sp³-hybridized carbons (Fsp3) is 0.143. The van der Waals surface area contributed by atoms with E-state index in [1.807, 2.05) is 12.1 Å². The average molecular weight is 354 g/mol. The van der Waals surface area contributed by atoms with Gasteiger partial charge in [0.05, 0.1) is 10.6 Å². The van der Waals surface area contributed by atoms with Crippen molar-refractivity contribution in [2.75, 3.05) is 5.75 Å². The van der Waals surface area contributed by atoms with Gasteiger partial charge < -0.3 is 0 Å². The van der Waals surface area contributed by atoms with Crippen molar-refractivity contribution in [3.05, 3.63) is 56.8 Å². The second-order valence-corrected chi connectivity index (χ2v) is 7.65. The lowest BCUT2D eigenvalue weighted by Crippen LogP contribution is -1.93. The predicted octanol–water partition coefficient (Wildman–Crippen LogP) is 5.06. The van der Waals surface area contributed by atoms with Crippen LogP contribution in [0.1, 0.15) is 10.8 Å². The Morgan fingerprint density at radius 3 is 2.95 bits per heavy atom. The smallest absolute Gasteiger partial charge is 0.145 e. The van der Waals surface area contributed by atoms with Gasteiger partial charge in [0.2, 0.25) is 0 Å². The molecule has 21 heavy (non-hydrogen) atoms. The van der Waals surface area contributed by atoms with E-state index in [0.29, 0.717) is 15.7 Å². The Hall–Kier alpha value is -1.06. The Balaban J connectivity index is 1.90. The zero-order chi connectivity index (χ0) is 14.8. The average Bonchev–Trinajstić information content (AvgIpc) is 3.12. The number of nitriles is 1. The van der Waals surface area contributed by atoms with Crippen LogP contribution in [-0.4, -0.2) is 15.3 Å². The van der Waals surface area contributed by atoms with Crippen LogP contribution in [0.3, 0.4) is 0 Å². The summed E-state index contributed by atoms with van der Waals surface area (Å²) in [5.41, 5.74) is 1.66. The number of rotatable bonds is 2. The van der Waals surface area contributed by atoms with Gasteiger partial charge in [0.1, 0.15) is 11.8 Å². The van der Waals surface area contributed by atoms with Gasteiger partial charge in [-0.1, -0.05) is 29.3 Å². The summed E-state index contributed by atoms with van der Waals surface area (Å²) < 4.78 is 2.73. The summed E-state index contributed by atoms with van der Waals surface area (Å²) in [5.74, 6) is 0.876. The minimum atomic E-state index is 0.224. The molecule has 3 nitrogen and oxygen atoms in total. The first kappa shape index (κ1) is 14.9. The third kappa shape index (κ3) is 3.09. The van der Waals surface area contributed by atoms with Crippen molar-refractivity contribution in [3.63, 3.8) is 0 Å². The minimum absolute atomic E-state index is 0.224. The van der Waals surface area contributed by atoms with E-state index in [2.05, 4.69) is 11.1 Å². The van der Waals surface area contributed by atoms with Crippen LogP contribution >= 0.6 is 46.7 Å². The molecule has 1 aromatic heterocycles. The van der Waals surface area contributed by atoms with Gasteiger partial charge in [-0.25, -0.2) is 4.98 Å². The molecule has 2 aromatic rings. The van der Waals surface area contributed by atoms with Crippen LogP contribution in [0.15, 0.2) is 41.2 Å². The van der Waals surface area contributed by atoms with Crippen molar-refractivity contribution >= 4 is 52.4 Å². The molecule has 0 N–H and O–H groups in total. The molecule has 1 atom stereocenters. The van der Waals surface area contributed by atoms with Crippen LogP contribution < -0.4 is 0 Å². The molecule has 1 aromatic carbocycles. The summed E-state index contributed by atoms with van der Waals surface area (Å²) in [6.07, 6.45) is 5.07. The zero-order valence-corrected chi connectivity index (χ0v) is 13.8. The Morgan fingerprint density at radius 2 is 2.29 bits per heavy atom. The van der Waals surface area contributed by atoms with Crippen LogP contribution in [0, 0.1) is 11.3 Å². The van der Waals surface area contributed by atoms with E-state index < -0.39 is 0 Å². The summed E-state index contributed by atoms with van der Waals surface area (Å²) in [4.78, 5) is 3.99. The van der Waals surface area contributed by atoms with Gasteiger partial charge in [-0.05, 0) is 17.7 Å². The number of aromatic nitrogens is 2. The van der Waals surface area contributed by atoms with E-state index in [9.17, 15) is 5.26 Å². The Kier molecular flexibility index (Phi) is 4.51. The number of imidazole rings is 1. The number of thioether (sulfide) groups is 2. The summed E-state index contributed by atoms with van der Waals surface area (Å²) in [7, 11) is 0. The minimum Gasteiger partial charge on any atom is -0.296 e. The molecule has 1 aliphatic rings. The van der Waals surface area contributed by atoms with Gasteiger partial charge in [0.25, 0.3) is 0 Å². The Bertz CT molecular complexity index is 735. The van der Waals surface area contributed by atoms with Gasteiger partial charge in [-0.2, -0.15) is 5.26 Å². The monoisotopic (exact) mass is 353 g/mol. The highest BCUT2D eigenvalue weighted by Gasteiger charge is 2.27. The molecule has 7 heteroatoms. The van der Waals surface area contributed by atoms with Gasteiger partial charge in [0, 0.05) is 33.4 Å². The highest BCUT2D eigenvalue weighted by molar-refractivity contribution is 8.25. The summed E-state index contributed by atoms with van der Waals surface area (Å²) in [5, 5.41) is 10.9. The lowest BCUT2D eigenvalue weighted by molar-refractivity contribution is 1.10. The SMILES string of the molecule is N#C/C(=C1/SC[C@@H](c2ccc(Cl)cc2Cl)S1)n1ccnc1. The van der Waals surface area contributed by atoms with Gasteiger partial charge in [-0.15, -0.1) is 23.5 Å². The van der Waals surface area contributed by atoms with Crippen molar-refractivity contribution in [2.24, 2.45) is 0 Å². The number of hydrogen-bond acceptors (Lipinski definition) is 4. The van der Waals surface area contributed by atoms with E-state index in [1.54, 1.807) is 52.9 Å². The molecular weight excluding hydrogens is 345 g/mol. The second-order valence-electron chi connectivity index (χ2n) is 4.30. The highest BCUT2D eigenvalue weighted by Crippen LogP contribution is 2.53. The molecule has 3 rings (SSSR count). The fourth-order valence-electron chi connectivity index (χ4n) is 1.99. The summed E-state index contributed by atoms with van der Waals surface area (Å²) in [6, 6.07) is 7.80. The number of benzene rings is 1. The van der Waals surface area contributed by atoms with Gasteiger partial charge >= 0.3 is 0 Å². The summed E-state index contributed by atoms with van der Waals surface area (Å²) in [6.45, 7) is 0. The normalized spacial score (nSPS) is 20.3.